The monoisotopic (exact) mass is 394 g/mol. The quantitative estimate of drug-likeness (QED) is 0.607. The summed E-state index contributed by atoms with van der Waals surface area (Å²) in [5.41, 5.74) is 5.63. The van der Waals surface area contributed by atoms with Crippen LogP contribution in [-0.4, -0.2) is 30.9 Å². The van der Waals surface area contributed by atoms with Crippen molar-refractivity contribution in [3.63, 3.8) is 0 Å². The number of unbranched alkanes of at least 4 members (excludes halogenated alkanes) is 1. The van der Waals surface area contributed by atoms with Gasteiger partial charge in [-0.15, -0.1) is 0 Å². The Morgan fingerprint density at radius 3 is 2.25 bits per heavy atom. The summed E-state index contributed by atoms with van der Waals surface area (Å²) in [6.07, 6.45) is 1.48. The van der Waals surface area contributed by atoms with Crippen LogP contribution in [0.2, 0.25) is 0 Å². The summed E-state index contributed by atoms with van der Waals surface area (Å²) < 4.78 is 45.2. The van der Waals surface area contributed by atoms with Gasteiger partial charge in [0.15, 0.2) is 23.2 Å². The molecule has 1 atom stereocenters. The molecule has 150 valence electrons. The normalized spacial score (nSPS) is 11.7. The molecule has 0 aromatic heterocycles. The number of para-hydroxylation sites is 1. The molecule has 0 fully saturated rings. The number of halogens is 3. The summed E-state index contributed by atoms with van der Waals surface area (Å²) in [4.78, 5) is 24.8. The summed E-state index contributed by atoms with van der Waals surface area (Å²) in [6.45, 7) is -0.196. The molecule has 0 radical (unpaired) electrons. The minimum absolute atomic E-state index is 0.180. The third kappa shape index (κ3) is 6.09. The SMILES string of the molecule is NCCCCC(NC(=O)c1ccc(F)cc1)C(=O)COc1c(F)cccc1F. The molecule has 0 bridgehead atoms. The highest BCUT2D eigenvalue weighted by atomic mass is 19.1. The maximum Gasteiger partial charge on any atom is 0.251 e. The number of carbonyl (C=O) groups excluding carboxylic acids is 2. The highest BCUT2D eigenvalue weighted by Crippen LogP contribution is 2.21. The predicted octanol–water partition coefficient (Wildman–Crippen LogP) is 2.98. The number of rotatable bonds is 10. The van der Waals surface area contributed by atoms with Crippen LogP contribution in [0.1, 0.15) is 29.6 Å². The van der Waals surface area contributed by atoms with E-state index in [1.165, 1.54) is 18.2 Å². The number of ether oxygens (including phenoxy) is 1. The zero-order valence-electron chi connectivity index (χ0n) is 15.1. The van der Waals surface area contributed by atoms with E-state index in [4.69, 9.17) is 10.5 Å². The number of hydrogen-bond acceptors (Lipinski definition) is 4. The van der Waals surface area contributed by atoms with Crippen molar-refractivity contribution in [2.75, 3.05) is 13.2 Å². The smallest absolute Gasteiger partial charge is 0.251 e. The average molecular weight is 394 g/mol. The molecule has 0 aliphatic carbocycles. The molecule has 0 aliphatic rings. The molecule has 0 saturated heterocycles. The highest BCUT2D eigenvalue weighted by Gasteiger charge is 2.22. The van der Waals surface area contributed by atoms with Crippen LogP contribution in [0, 0.1) is 17.5 Å². The van der Waals surface area contributed by atoms with Crippen molar-refractivity contribution in [3.05, 3.63) is 65.5 Å². The van der Waals surface area contributed by atoms with Crippen molar-refractivity contribution < 1.29 is 27.5 Å². The molecule has 0 aliphatic heterocycles. The minimum atomic E-state index is -0.932. The number of benzene rings is 2. The zero-order valence-corrected chi connectivity index (χ0v) is 15.1. The van der Waals surface area contributed by atoms with Crippen LogP contribution in [0.5, 0.6) is 5.75 Å². The van der Waals surface area contributed by atoms with Gasteiger partial charge in [0.1, 0.15) is 12.4 Å². The molecule has 1 amide bonds. The largest absolute Gasteiger partial charge is 0.480 e. The minimum Gasteiger partial charge on any atom is -0.480 e. The summed E-state index contributed by atoms with van der Waals surface area (Å²) in [6, 6.07) is 7.11. The van der Waals surface area contributed by atoms with Gasteiger partial charge in [0.05, 0.1) is 6.04 Å². The fourth-order valence-corrected chi connectivity index (χ4v) is 2.51. The van der Waals surface area contributed by atoms with Crippen molar-refractivity contribution >= 4 is 11.7 Å². The Labute approximate surface area is 160 Å². The van der Waals surface area contributed by atoms with Crippen LogP contribution in [0.25, 0.3) is 0 Å². The molecule has 28 heavy (non-hydrogen) atoms. The maximum absolute atomic E-state index is 13.6. The molecule has 5 nitrogen and oxygen atoms in total. The fraction of sp³-hybridized carbons (Fsp3) is 0.300. The Balaban J connectivity index is 2.04. The summed E-state index contributed by atoms with van der Waals surface area (Å²) in [5, 5.41) is 2.56. The third-order valence-electron chi connectivity index (χ3n) is 4.03. The summed E-state index contributed by atoms with van der Waals surface area (Å²) >= 11 is 0. The Morgan fingerprint density at radius 1 is 1.00 bits per heavy atom. The van der Waals surface area contributed by atoms with E-state index in [0.717, 1.165) is 24.3 Å². The van der Waals surface area contributed by atoms with Gasteiger partial charge in [0, 0.05) is 5.56 Å². The van der Waals surface area contributed by atoms with Crippen LogP contribution < -0.4 is 15.8 Å². The maximum atomic E-state index is 13.6. The molecule has 0 heterocycles. The van der Waals surface area contributed by atoms with Crippen molar-refractivity contribution in [1.29, 1.82) is 0 Å². The van der Waals surface area contributed by atoms with Gasteiger partial charge in [-0.25, -0.2) is 13.2 Å². The second-order valence-electron chi connectivity index (χ2n) is 6.12. The molecule has 3 N–H and O–H groups in total. The van der Waals surface area contributed by atoms with Gasteiger partial charge in [-0.05, 0) is 62.2 Å². The highest BCUT2D eigenvalue weighted by molar-refractivity contribution is 5.98. The number of amides is 1. The van der Waals surface area contributed by atoms with E-state index in [0.29, 0.717) is 19.4 Å². The number of carbonyl (C=O) groups is 2. The van der Waals surface area contributed by atoms with E-state index in [1.54, 1.807) is 0 Å². The van der Waals surface area contributed by atoms with E-state index < -0.39 is 47.5 Å². The number of nitrogens with two attached hydrogens (primary N) is 1. The Morgan fingerprint density at radius 2 is 1.64 bits per heavy atom. The Hall–Kier alpha value is -2.87. The summed E-state index contributed by atoms with van der Waals surface area (Å²) in [5.74, 6) is -4.11. The lowest BCUT2D eigenvalue weighted by Gasteiger charge is -2.18. The van der Waals surface area contributed by atoms with E-state index >= 15 is 0 Å². The topological polar surface area (TPSA) is 81.4 Å². The molecular formula is C20H21F3N2O3. The van der Waals surface area contributed by atoms with Crippen LogP contribution in [0.3, 0.4) is 0 Å². The molecule has 2 aromatic rings. The lowest BCUT2D eigenvalue weighted by Crippen LogP contribution is -2.43. The molecule has 0 spiro atoms. The lowest BCUT2D eigenvalue weighted by molar-refractivity contribution is -0.123. The molecule has 8 heteroatoms. The molecule has 2 rings (SSSR count). The summed E-state index contributed by atoms with van der Waals surface area (Å²) in [7, 11) is 0. The molecule has 0 saturated carbocycles. The third-order valence-corrected chi connectivity index (χ3v) is 4.03. The predicted molar refractivity (Wildman–Crippen MR) is 97.4 cm³/mol. The van der Waals surface area contributed by atoms with Gasteiger partial charge >= 0.3 is 0 Å². The van der Waals surface area contributed by atoms with Crippen LogP contribution in [-0.2, 0) is 4.79 Å². The first-order valence-corrected chi connectivity index (χ1v) is 8.78. The van der Waals surface area contributed by atoms with Crippen LogP contribution in [0.4, 0.5) is 13.2 Å². The van der Waals surface area contributed by atoms with E-state index in [9.17, 15) is 22.8 Å². The number of nitrogens with one attached hydrogen (secondary N) is 1. The first-order chi connectivity index (χ1) is 13.4. The van der Waals surface area contributed by atoms with Gasteiger partial charge in [-0.3, -0.25) is 9.59 Å². The molecule has 2 aromatic carbocycles. The lowest BCUT2D eigenvalue weighted by atomic mass is 10.0. The fourth-order valence-electron chi connectivity index (χ4n) is 2.51. The Kier molecular flexibility index (Phi) is 8.01. The van der Waals surface area contributed by atoms with Crippen LogP contribution >= 0.6 is 0 Å². The Bertz CT molecular complexity index is 793. The first kappa shape index (κ1) is 21.4. The van der Waals surface area contributed by atoms with Crippen molar-refractivity contribution in [2.45, 2.75) is 25.3 Å². The van der Waals surface area contributed by atoms with Crippen molar-refractivity contribution in [2.24, 2.45) is 5.73 Å². The average Bonchev–Trinajstić information content (AvgIpc) is 2.67. The standard InChI is InChI=1S/C20H21F3N2O3/c21-14-9-7-13(8-10-14)20(27)25-17(6-1-2-11-24)18(26)12-28-19-15(22)4-3-5-16(19)23/h3-5,7-10,17H,1-2,6,11-12,24H2,(H,25,27). The second kappa shape index (κ2) is 10.5. The van der Waals surface area contributed by atoms with Gasteiger partial charge in [0.2, 0.25) is 0 Å². The molecule has 1 unspecified atom stereocenters. The van der Waals surface area contributed by atoms with Crippen molar-refractivity contribution in [1.82, 2.24) is 5.32 Å². The van der Waals surface area contributed by atoms with Gasteiger partial charge in [-0.2, -0.15) is 0 Å². The first-order valence-electron chi connectivity index (χ1n) is 8.78. The van der Waals surface area contributed by atoms with E-state index in [-0.39, 0.29) is 12.0 Å². The van der Waals surface area contributed by atoms with Gasteiger partial charge in [0.25, 0.3) is 5.91 Å². The van der Waals surface area contributed by atoms with Gasteiger partial charge in [-0.1, -0.05) is 6.07 Å². The van der Waals surface area contributed by atoms with E-state index in [1.807, 2.05) is 0 Å². The second-order valence-corrected chi connectivity index (χ2v) is 6.12. The number of ketones is 1. The van der Waals surface area contributed by atoms with Gasteiger partial charge < -0.3 is 15.8 Å². The van der Waals surface area contributed by atoms with Crippen LogP contribution in [0.15, 0.2) is 42.5 Å². The van der Waals surface area contributed by atoms with Crippen molar-refractivity contribution in [3.8, 4) is 5.75 Å². The number of Topliss-reactive ketones (excluding diaryl/α,β-unsaturated/α-hetero) is 1. The number of hydrogen-bond donors (Lipinski definition) is 2. The molecular weight excluding hydrogens is 373 g/mol. The van der Waals surface area contributed by atoms with E-state index in [2.05, 4.69) is 5.32 Å². The zero-order chi connectivity index (χ0) is 20.5.